The lowest BCUT2D eigenvalue weighted by Crippen LogP contribution is -2.54. The van der Waals surface area contributed by atoms with Gasteiger partial charge in [-0.15, -0.1) is 0 Å². The fraction of sp³-hybridized carbons (Fsp3) is 0.182. The molecule has 2 heterocycles. The number of carbonyl (C=O) groups excluding carboxylic acids is 2. The first kappa shape index (κ1) is 28.5. The Bertz CT molecular complexity index is 1650. The molecule has 41 heavy (non-hydrogen) atoms. The van der Waals surface area contributed by atoms with Crippen LogP contribution >= 0.6 is 28.1 Å². The molecule has 4 aromatic rings. The van der Waals surface area contributed by atoms with Crippen molar-refractivity contribution < 1.29 is 14.3 Å². The molecule has 6 nitrogen and oxygen atoms in total. The van der Waals surface area contributed by atoms with Gasteiger partial charge in [-0.3, -0.25) is 19.8 Å². The molecule has 1 N–H and O–H groups in total. The number of aromatic nitrogens is 1. The molecular weight excluding hydrogens is 598 g/mol. The summed E-state index contributed by atoms with van der Waals surface area (Å²) in [6.45, 7) is 8.65. The van der Waals surface area contributed by atoms with E-state index in [1.165, 1.54) is 4.90 Å². The van der Waals surface area contributed by atoms with Crippen molar-refractivity contribution in [1.29, 1.82) is 0 Å². The predicted molar refractivity (Wildman–Crippen MR) is 170 cm³/mol. The van der Waals surface area contributed by atoms with Crippen LogP contribution in [0.25, 0.3) is 11.8 Å². The fourth-order valence-corrected chi connectivity index (χ4v) is 5.37. The van der Waals surface area contributed by atoms with Gasteiger partial charge in [-0.25, -0.2) is 0 Å². The molecule has 3 aromatic carbocycles. The number of thiocarbonyl (C=S) groups is 1. The number of carbonyl (C=O) groups is 2. The van der Waals surface area contributed by atoms with Crippen LogP contribution in [-0.2, 0) is 16.2 Å². The number of aryl methyl sites for hydroxylation is 1. The predicted octanol–water partition coefficient (Wildman–Crippen LogP) is 7.39. The van der Waals surface area contributed by atoms with Crippen molar-refractivity contribution in [1.82, 2.24) is 9.88 Å². The summed E-state index contributed by atoms with van der Waals surface area (Å²) < 4.78 is 9.07. The molecule has 1 saturated heterocycles. The molecule has 0 aliphatic carbocycles. The molecule has 0 saturated carbocycles. The number of halogens is 1. The Labute approximate surface area is 253 Å². The minimum Gasteiger partial charge on any atom is -0.489 e. The zero-order chi connectivity index (χ0) is 29.3. The van der Waals surface area contributed by atoms with Crippen molar-refractivity contribution in [3.63, 3.8) is 0 Å². The number of rotatable bonds is 7. The van der Waals surface area contributed by atoms with Gasteiger partial charge in [0.15, 0.2) is 5.11 Å². The Balaban J connectivity index is 1.38. The van der Waals surface area contributed by atoms with Gasteiger partial charge in [-0.1, -0.05) is 54.0 Å². The number of ether oxygens (including phenoxy) is 1. The topological polar surface area (TPSA) is 63.6 Å². The summed E-state index contributed by atoms with van der Waals surface area (Å²) in [5, 5.41) is 2.75. The lowest BCUT2D eigenvalue weighted by molar-refractivity contribution is -0.122. The quantitative estimate of drug-likeness (QED) is 0.132. The lowest BCUT2D eigenvalue weighted by atomic mass is 10.0. The van der Waals surface area contributed by atoms with Crippen LogP contribution in [0.4, 0.5) is 5.69 Å². The normalized spacial score (nSPS) is 14.6. The third kappa shape index (κ3) is 6.04. The van der Waals surface area contributed by atoms with E-state index in [2.05, 4.69) is 39.7 Å². The molecule has 0 unspecified atom stereocenters. The van der Waals surface area contributed by atoms with E-state index in [1.54, 1.807) is 6.08 Å². The molecule has 5 rings (SSSR count). The zero-order valence-electron chi connectivity index (χ0n) is 23.3. The van der Waals surface area contributed by atoms with E-state index in [1.807, 2.05) is 92.7 Å². The summed E-state index contributed by atoms with van der Waals surface area (Å²) in [6, 6.07) is 25.5. The largest absolute Gasteiger partial charge is 0.489 e. The molecule has 8 heteroatoms. The van der Waals surface area contributed by atoms with Crippen molar-refractivity contribution in [2.75, 3.05) is 4.90 Å². The van der Waals surface area contributed by atoms with E-state index < -0.39 is 11.8 Å². The third-order valence-corrected chi connectivity index (χ3v) is 7.92. The smallest absolute Gasteiger partial charge is 0.270 e. The first-order chi connectivity index (χ1) is 19.6. The van der Waals surface area contributed by atoms with Crippen LogP contribution in [0.3, 0.4) is 0 Å². The highest BCUT2D eigenvalue weighted by Crippen LogP contribution is 2.28. The molecule has 1 aliphatic rings. The minimum atomic E-state index is -0.507. The van der Waals surface area contributed by atoms with Crippen molar-refractivity contribution >= 4 is 56.8 Å². The van der Waals surface area contributed by atoms with E-state index in [4.69, 9.17) is 17.0 Å². The highest BCUT2D eigenvalue weighted by molar-refractivity contribution is 9.10. The Hall–Kier alpha value is -4.01. The van der Waals surface area contributed by atoms with Crippen molar-refractivity contribution in [2.24, 2.45) is 0 Å². The molecule has 0 spiro atoms. The highest BCUT2D eigenvalue weighted by atomic mass is 79.9. The van der Waals surface area contributed by atoms with Gasteiger partial charge in [-0.05, 0) is 109 Å². The number of amides is 2. The van der Waals surface area contributed by atoms with Gasteiger partial charge in [0.2, 0.25) is 0 Å². The van der Waals surface area contributed by atoms with E-state index in [0.29, 0.717) is 18.2 Å². The summed E-state index contributed by atoms with van der Waals surface area (Å²) in [4.78, 5) is 27.8. The number of benzene rings is 3. The average molecular weight is 629 g/mol. The van der Waals surface area contributed by atoms with Gasteiger partial charge in [0.1, 0.15) is 17.9 Å². The van der Waals surface area contributed by atoms with E-state index in [-0.39, 0.29) is 10.7 Å². The molecule has 1 fully saturated rings. The van der Waals surface area contributed by atoms with Crippen molar-refractivity contribution in [2.45, 2.75) is 40.2 Å². The van der Waals surface area contributed by atoms with Crippen LogP contribution in [0.5, 0.6) is 5.75 Å². The van der Waals surface area contributed by atoms with E-state index >= 15 is 0 Å². The Morgan fingerprint density at radius 1 is 0.927 bits per heavy atom. The Morgan fingerprint density at radius 2 is 1.56 bits per heavy atom. The summed E-state index contributed by atoms with van der Waals surface area (Å²) >= 11 is 8.82. The summed E-state index contributed by atoms with van der Waals surface area (Å²) in [5.74, 6) is 0.169. The monoisotopic (exact) mass is 627 g/mol. The van der Waals surface area contributed by atoms with Gasteiger partial charge >= 0.3 is 0 Å². The first-order valence-corrected chi connectivity index (χ1v) is 14.5. The summed E-state index contributed by atoms with van der Waals surface area (Å²) in [7, 11) is 0. The van der Waals surface area contributed by atoms with Crippen LogP contribution in [0.1, 0.15) is 47.8 Å². The molecular formula is C33H30BrN3O3S. The maximum Gasteiger partial charge on any atom is 0.270 e. The van der Waals surface area contributed by atoms with Crippen LogP contribution in [0.2, 0.25) is 0 Å². The molecule has 2 amide bonds. The van der Waals surface area contributed by atoms with Crippen molar-refractivity contribution in [3.8, 4) is 11.4 Å². The van der Waals surface area contributed by atoms with Crippen LogP contribution < -0.4 is 15.0 Å². The van der Waals surface area contributed by atoms with Gasteiger partial charge in [0, 0.05) is 21.5 Å². The van der Waals surface area contributed by atoms with Crippen LogP contribution in [-0.4, -0.2) is 21.5 Å². The molecule has 0 bridgehead atoms. The first-order valence-electron chi connectivity index (χ1n) is 13.3. The second-order valence-electron chi connectivity index (χ2n) is 10.3. The van der Waals surface area contributed by atoms with E-state index in [0.717, 1.165) is 44.0 Å². The maximum absolute atomic E-state index is 13.5. The van der Waals surface area contributed by atoms with Gasteiger partial charge in [-0.2, -0.15) is 0 Å². The Kier molecular flexibility index (Phi) is 8.24. The summed E-state index contributed by atoms with van der Waals surface area (Å²) in [5.41, 5.74) is 6.48. The Morgan fingerprint density at radius 3 is 2.20 bits per heavy atom. The van der Waals surface area contributed by atoms with Gasteiger partial charge < -0.3 is 9.30 Å². The highest BCUT2D eigenvalue weighted by Gasteiger charge is 2.34. The second kappa shape index (κ2) is 11.8. The number of nitrogens with one attached hydrogen (secondary N) is 1. The minimum absolute atomic E-state index is 0.0310. The maximum atomic E-state index is 13.5. The average Bonchev–Trinajstić information content (AvgIpc) is 3.23. The third-order valence-electron chi connectivity index (χ3n) is 7.10. The molecule has 0 atom stereocenters. The standard InChI is InChI=1S/C33H30BrN3O3S/c1-20(2)24-7-11-28(12-8-24)37-32(39)30(31(38)35-33(37)41)18-25-17-21(3)36(22(25)4)27-13-15-29(16-14-27)40-19-23-5-9-26(34)10-6-23/h5-18,20H,19H2,1-4H3,(H,35,38,41)/b30-18+. The van der Waals surface area contributed by atoms with E-state index in [9.17, 15) is 9.59 Å². The second-order valence-corrected chi connectivity index (χ2v) is 11.6. The number of anilines is 1. The zero-order valence-corrected chi connectivity index (χ0v) is 25.7. The van der Waals surface area contributed by atoms with Gasteiger partial charge in [0.05, 0.1) is 5.69 Å². The van der Waals surface area contributed by atoms with Crippen LogP contribution in [0.15, 0.2) is 88.9 Å². The van der Waals surface area contributed by atoms with Gasteiger partial charge in [0.25, 0.3) is 11.8 Å². The molecule has 1 aromatic heterocycles. The number of hydrogen-bond acceptors (Lipinski definition) is 4. The molecule has 1 aliphatic heterocycles. The fourth-order valence-electron chi connectivity index (χ4n) is 4.83. The molecule has 208 valence electrons. The SMILES string of the molecule is Cc1cc(/C=C2\C(=O)NC(=S)N(c3ccc(C(C)C)cc3)C2=O)c(C)n1-c1ccc(OCc2ccc(Br)cc2)cc1. The lowest BCUT2D eigenvalue weighted by Gasteiger charge is -2.29. The van der Waals surface area contributed by atoms with Crippen LogP contribution in [0, 0.1) is 13.8 Å². The number of hydrogen-bond donors (Lipinski definition) is 1. The number of nitrogens with zero attached hydrogens (tertiary/aromatic N) is 2. The van der Waals surface area contributed by atoms with Crippen molar-refractivity contribution in [3.05, 3.63) is 117 Å². The molecule has 0 radical (unpaired) electrons. The summed E-state index contributed by atoms with van der Waals surface area (Å²) in [6.07, 6.45) is 1.64.